The van der Waals surface area contributed by atoms with Crippen molar-refractivity contribution < 1.29 is 9.53 Å². The highest BCUT2D eigenvalue weighted by Gasteiger charge is 2.49. The standard InChI is InChI=1S/C12H24N2O2/c1-5-16-11(15)12(8-10(2)9-12)13-6-7-14(3)4/h10,13H,5-9H2,1-4H3. The topological polar surface area (TPSA) is 41.6 Å². The summed E-state index contributed by atoms with van der Waals surface area (Å²) in [6.07, 6.45) is 1.80. The van der Waals surface area contributed by atoms with E-state index in [1.54, 1.807) is 0 Å². The Hall–Kier alpha value is -0.610. The number of nitrogens with one attached hydrogen (secondary N) is 1. The number of nitrogens with zero attached hydrogens (tertiary/aromatic N) is 1. The van der Waals surface area contributed by atoms with E-state index < -0.39 is 5.54 Å². The second-order valence-electron chi connectivity index (χ2n) is 5.05. The molecule has 1 aliphatic carbocycles. The van der Waals surface area contributed by atoms with Gasteiger partial charge in [-0.1, -0.05) is 6.92 Å². The van der Waals surface area contributed by atoms with Gasteiger partial charge < -0.3 is 15.0 Å². The van der Waals surface area contributed by atoms with Crippen LogP contribution in [0.15, 0.2) is 0 Å². The van der Waals surface area contributed by atoms with Gasteiger partial charge in [0.05, 0.1) is 6.61 Å². The zero-order chi connectivity index (χ0) is 12.2. The predicted octanol–water partition coefficient (Wildman–Crippen LogP) is 0.869. The Morgan fingerprint density at radius 1 is 1.50 bits per heavy atom. The number of rotatable bonds is 6. The van der Waals surface area contributed by atoms with Gasteiger partial charge in [-0.3, -0.25) is 4.79 Å². The molecule has 1 fully saturated rings. The van der Waals surface area contributed by atoms with Gasteiger partial charge in [0.2, 0.25) is 0 Å². The van der Waals surface area contributed by atoms with Crippen LogP contribution < -0.4 is 5.32 Å². The molecule has 0 radical (unpaired) electrons. The second-order valence-corrected chi connectivity index (χ2v) is 5.05. The van der Waals surface area contributed by atoms with Gasteiger partial charge >= 0.3 is 5.97 Å². The van der Waals surface area contributed by atoms with E-state index in [0.717, 1.165) is 25.9 Å². The molecule has 0 spiro atoms. The van der Waals surface area contributed by atoms with Gasteiger partial charge in [-0.25, -0.2) is 0 Å². The quantitative estimate of drug-likeness (QED) is 0.685. The minimum atomic E-state index is -0.397. The molecule has 4 nitrogen and oxygen atoms in total. The number of hydrogen-bond donors (Lipinski definition) is 1. The van der Waals surface area contributed by atoms with Crippen molar-refractivity contribution in [3.05, 3.63) is 0 Å². The molecule has 0 aliphatic heterocycles. The third-order valence-electron chi connectivity index (χ3n) is 3.08. The van der Waals surface area contributed by atoms with E-state index in [1.165, 1.54) is 0 Å². The van der Waals surface area contributed by atoms with Crippen molar-refractivity contribution >= 4 is 5.97 Å². The number of ether oxygens (including phenoxy) is 1. The fraction of sp³-hybridized carbons (Fsp3) is 0.917. The lowest BCUT2D eigenvalue weighted by atomic mass is 9.69. The van der Waals surface area contributed by atoms with Gasteiger partial charge in [0, 0.05) is 13.1 Å². The molecule has 94 valence electrons. The molecule has 0 amide bonds. The molecule has 0 bridgehead atoms. The first-order chi connectivity index (χ1) is 7.50. The van der Waals surface area contributed by atoms with Crippen LogP contribution >= 0.6 is 0 Å². The molecule has 0 saturated heterocycles. The lowest BCUT2D eigenvalue weighted by molar-refractivity contribution is -0.157. The van der Waals surface area contributed by atoms with E-state index in [1.807, 2.05) is 21.0 Å². The largest absolute Gasteiger partial charge is 0.465 e. The first-order valence-electron chi connectivity index (χ1n) is 6.07. The fourth-order valence-corrected chi connectivity index (χ4v) is 2.30. The van der Waals surface area contributed by atoms with Gasteiger partial charge in [-0.15, -0.1) is 0 Å². The van der Waals surface area contributed by atoms with Gasteiger partial charge in [-0.05, 0) is 39.8 Å². The molecule has 0 heterocycles. The summed E-state index contributed by atoms with van der Waals surface area (Å²) >= 11 is 0. The predicted molar refractivity (Wildman–Crippen MR) is 64.3 cm³/mol. The summed E-state index contributed by atoms with van der Waals surface area (Å²) in [7, 11) is 4.06. The zero-order valence-electron chi connectivity index (χ0n) is 10.9. The van der Waals surface area contributed by atoms with Crippen molar-refractivity contribution in [3.8, 4) is 0 Å². The summed E-state index contributed by atoms with van der Waals surface area (Å²) in [5.74, 6) is 0.545. The van der Waals surface area contributed by atoms with Gasteiger partial charge in [-0.2, -0.15) is 0 Å². The summed E-state index contributed by atoms with van der Waals surface area (Å²) in [4.78, 5) is 14.0. The number of esters is 1. The van der Waals surface area contributed by atoms with Crippen molar-refractivity contribution in [2.45, 2.75) is 32.2 Å². The zero-order valence-corrected chi connectivity index (χ0v) is 10.9. The molecule has 0 aromatic rings. The van der Waals surface area contributed by atoms with E-state index in [4.69, 9.17) is 4.74 Å². The van der Waals surface area contributed by atoms with Crippen molar-refractivity contribution in [3.63, 3.8) is 0 Å². The van der Waals surface area contributed by atoms with Crippen LogP contribution in [-0.2, 0) is 9.53 Å². The second kappa shape index (κ2) is 5.64. The minimum Gasteiger partial charge on any atom is -0.465 e. The SMILES string of the molecule is CCOC(=O)C1(NCCN(C)C)CC(C)C1. The van der Waals surface area contributed by atoms with Crippen molar-refractivity contribution in [2.75, 3.05) is 33.8 Å². The van der Waals surface area contributed by atoms with E-state index in [9.17, 15) is 4.79 Å². The lowest BCUT2D eigenvalue weighted by Crippen LogP contribution is -2.61. The number of carbonyl (C=O) groups is 1. The minimum absolute atomic E-state index is 0.0770. The molecule has 1 aliphatic rings. The molecule has 1 N–H and O–H groups in total. The fourth-order valence-electron chi connectivity index (χ4n) is 2.30. The molecule has 1 rings (SSSR count). The van der Waals surface area contributed by atoms with Crippen molar-refractivity contribution in [1.29, 1.82) is 0 Å². The Bertz CT molecular complexity index is 235. The third-order valence-corrected chi connectivity index (χ3v) is 3.08. The maximum absolute atomic E-state index is 11.9. The van der Waals surface area contributed by atoms with Crippen LogP contribution in [0.3, 0.4) is 0 Å². The Labute approximate surface area is 98.3 Å². The molecule has 16 heavy (non-hydrogen) atoms. The van der Waals surface area contributed by atoms with Crippen LogP contribution in [0.4, 0.5) is 0 Å². The Kier molecular flexibility index (Phi) is 4.74. The van der Waals surface area contributed by atoms with Crippen LogP contribution in [0, 0.1) is 5.92 Å². The Morgan fingerprint density at radius 2 is 2.12 bits per heavy atom. The molecule has 0 aromatic carbocycles. The third kappa shape index (κ3) is 3.19. The molecular weight excluding hydrogens is 204 g/mol. The maximum atomic E-state index is 11.9. The smallest absolute Gasteiger partial charge is 0.326 e. The average molecular weight is 228 g/mol. The molecule has 0 unspecified atom stereocenters. The average Bonchev–Trinajstić information content (AvgIpc) is 2.14. The summed E-state index contributed by atoms with van der Waals surface area (Å²) in [5, 5.41) is 3.36. The van der Waals surface area contributed by atoms with Crippen molar-refractivity contribution in [2.24, 2.45) is 5.92 Å². The Morgan fingerprint density at radius 3 is 2.56 bits per heavy atom. The molecule has 1 saturated carbocycles. The van der Waals surface area contributed by atoms with Crippen LogP contribution in [-0.4, -0.2) is 50.2 Å². The highest BCUT2D eigenvalue weighted by molar-refractivity contribution is 5.82. The lowest BCUT2D eigenvalue weighted by Gasteiger charge is -2.44. The van der Waals surface area contributed by atoms with E-state index >= 15 is 0 Å². The first kappa shape index (κ1) is 13.5. The summed E-state index contributed by atoms with van der Waals surface area (Å²) < 4.78 is 5.14. The van der Waals surface area contributed by atoms with Crippen LogP contribution in [0.1, 0.15) is 26.7 Å². The number of hydrogen-bond acceptors (Lipinski definition) is 4. The monoisotopic (exact) mass is 228 g/mol. The first-order valence-corrected chi connectivity index (χ1v) is 6.07. The molecular formula is C12H24N2O2. The highest BCUT2D eigenvalue weighted by Crippen LogP contribution is 2.38. The van der Waals surface area contributed by atoms with Gasteiger partial charge in [0.1, 0.15) is 5.54 Å². The Balaban J connectivity index is 2.43. The number of carbonyl (C=O) groups excluding carboxylic acids is 1. The molecule has 0 atom stereocenters. The highest BCUT2D eigenvalue weighted by atomic mass is 16.5. The normalized spacial score (nSPS) is 28.9. The summed E-state index contributed by atoms with van der Waals surface area (Å²) in [6, 6.07) is 0. The van der Waals surface area contributed by atoms with Gasteiger partial charge in [0.25, 0.3) is 0 Å². The van der Waals surface area contributed by atoms with E-state index in [-0.39, 0.29) is 5.97 Å². The van der Waals surface area contributed by atoms with Crippen molar-refractivity contribution in [1.82, 2.24) is 10.2 Å². The van der Waals surface area contributed by atoms with Crippen LogP contribution in [0.5, 0.6) is 0 Å². The maximum Gasteiger partial charge on any atom is 0.326 e. The number of likely N-dealkylation sites (N-methyl/N-ethyl adjacent to an activating group) is 1. The van der Waals surface area contributed by atoms with E-state index in [2.05, 4.69) is 17.1 Å². The summed E-state index contributed by atoms with van der Waals surface area (Å²) in [6.45, 7) is 6.26. The van der Waals surface area contributed by atoms with Crippen LogP contribution in [0.25, 0.3) is 0 Å². The van der Waals surface area contributed by atoms with Crippen LogP contribution in [0.2, 0.25) is 0 Å². The molecule has 4 heteroatoms. The summed E-state index contributed by atoms with van der Waals surface area (Å²) in [5.41, 5.74) is -0.397. The van der Waals surface area contributed by atoms with E-state index in [0.29, 0.717) is 12.5 Å². The van der Waals surface area contributed by atoms with Gasteiger partial charge in [0.15, 0.2) is 0 Å². The molecule has 0 aromatic heterocycles.